The highest BCUT2D eigenvalue weighted by molar-refractivity contribution is 7.22. The third-order valence-electron chi connectivity index (χ3n) is 4.84. The monoisotopic (exact) mass is 452 g/mol. The van der Waals surface area contributed by atoms with Crippen LogP contribution in [-0.4, -0.2) is 20.8 Å². The molecule has 2 heterocycles. The summed E-state index contributed by atoms with van der Waals surface area (Å²) >= 11 is 7.65. The highest BCUT2D eigenvalue weighted by Crippen LogP contribution is 2.35. The normalized spacial score (nSPS) is 10.9. The molecule has 0 saturated heterocycles. The number of rotatable bonds is 5. The van der Waals surface area contributed by atoms with Crippen LogP contribution in [0.1, 0.15) is 27.2 Å². The average molecular weight is 453 g/mol. The minimum atomic E-state index is -0.555. The van der Waals surface area contributed by atoms with E-state index >= 15 is 0 Å². The number of aryl methyl sites for hydroxylation is 2. The number of nitro groups is 1. The van der Waals surface area contributed by atoms with Crippen molar-refractivity contribution in [1.29, 1.82) is 0 Å². The number of fused-ring (bicyclic) bond motifs is 1. The lowest BCUT2D eigenvalue weighted by atomic mass is 10.1. The number of benzene rings is 2. The lowest BCUT2D eigenvalue weighted by Gasteiger charge is -2.20. The number of hydrogen-bond donors (Lipinski definition) is 0. The van der Waals surface area contributed by atoms with Crippen molar-refractivity contribution in [3.05, 3.63) is 92.2 Å². The maximum atomic E-state index is 13.5. The van der Waals surface area contributed by atoms with Gasteiger partial charge in [0.05, 0.1) is 38.0 Å². The van der Waals surface area contributed by atoms with Crippen LogP contribution in [0.15, 0.2) is 54.7 Å². The number of carbonyl (C=O) groups is 1. The first-order valence-electron chi connectivity index (χ1n) is 9.37. The number of hydrogen-bond acceptors (Lipinski definition) is 6. The van der Waals surface area contributed by atoms with E-state index in [-0.39, 0.29) is 22.8 Å². The predicted molar refractivity (Wildman–Crippen MR) is 122 cm³/mol. The van der Waals surface area contributed by atoms with E-state index in [1.54, 1.807) is 18.3 Å². The molecule has 0 radical (unpaired) electrons. The fraction of sp³-hybridized carbons (Fsp3) is 0.136. The van der Waals surface area contributed by atoms with Crippen molar-refractivity contribution in [2.24, 2.45) is 0 Å². The van der Waals surface area contributed by atoms with Gasteiger partial charge in [-0.3, -0.25) is 24.8 Å². The lowest BCUT2D eigenvalue weighted by Crippen LogP contribution is -2.31. The molecular formula is C22H17ClN4O3S. The van der Waals surface area contributed by atoms with Gasteiger partial charge < -0.3 is 0 Å². The Bertz CT molecular complexity index is 1270. The van der Waals surface area contributed by atoms with E-state index in [1.807, 2.05) is 32.0 Å². The van der Waals surface area contributed by atoms with Crippen LogP contribution in [0, 0.1) is 24.0 Å². The number of halogens is 1. The first-order chi connectivity index (χ1) is 14.8. The van der Waals surface area contributed by atoms with Crippen LogP contribution in [0.4, 0.5) is 10.8 Å². The number of nitrogens with zero attached hydrogens (tertiary/aromatic N) is 4. The van der Waals surface area contributed by atoms with E-state index in [4.69, 9.17) is 16.6 Å². The third-order valence-corrected chi connectivity index (χ3v) is 6.39. The molecule has 7 nitrogen and oxygen atoms in total. The second-order valence-corrected chi connectivity index (χ2v) is 8.39. The number of aromatic nitrogens is 2. The number of carbonyl (C=O) groups excluding carboxylic acids is 1. The maximum absolute atomic E-state index is 13.5. The second kappa shape index (κ2) is 8.41. The van der Waals surface area contributed by atoms with Gasteiger partial charge >= 0.3 is 0 Å². The Kier molecular flexibility index (Phi) is 5.67. The van der Waals surface area contributed by atoms with Crippen molar-refractivity contribution in [1.82, 2.24) is 9.97 Å². The summed E-state index contributed by atoms with van der Waals surface area (Å²) < 4.78 is 0.985. The number of amides is 1. The Morgan fingerprint density at radius 2 is 1.94 bits per heavy atom. The van der Waals surface area contributed by atoms with E-state index in [0.29, 0.717) is 10.8 Å². The quantitative estimate of drug-likeness (QED) is 0.285. The molecule has 4 aromatic rings. The van der Waals surface area contributed by atoms with Gasteiger partial charge in [0, 0.05) is 18.3 Å². The highest BCUT2D eigenvalue weighted by atomic mass is 35.5. The molecule has 31 heavy (non-hydrogen) atoms. The molecule has 4 rings (SSSR count). The van der Waals surface area contributed by atoms with Crippen LogP contribution < -0.4 is 4.90 Å². The van der Waals surface area contributed by atoms with Crippen molar-refractivity contribution in [3.63, 3.8) is 0 Å². The molecule has 0 N–H and O–H groups in total. The highest BCUT2D eigenvalue weighted by Gasteiger charge is 2.26. The van der Waals surface area contributed by atoms with Crippen molar-refractivity contribution >= 4 is 49.9 Å². The van der Waals surface area contributed by atoms with Gasteiger partial charge in [0.2, 0.25) is 0 Å². The minimum absolute atomic E-state index is 0.0412. The Hall–Kier alpha value is -3.36. The zero-order valence-corrected chi connectivity index (χ0v) is 18.3. The van der Waals surface area contributed by atoms with Crippen molar-refractivity contribution < 1.29 is 9.72 Å². The average Bonchev–Trinajstić information content (AvgIpc) is 3.22. The van der Waals surface area contributed by atoms with Gasteiger partial charge in [0.15, 0.2) is 5.13 Å². The second-order valence-electron chi connectivity index (χ2n) is 7.01. The number of nitro benzene ring substituents is 1. The van der Waals surface area contributed by atoms with Gasteiger partial charge in [-0.1, -0.05) is 41.1 Å². The fourth-order valence-electron chi connectivity index (χ4n) is 3.18. The van der Waals surface area contributed by atoms with Gasteiger partial charge in [-0.25, -0.2) is 4.98 Å². The fourth-order valence-corrected chi connectivity index (χ4v) is 4.49. The molecule has 9 heteroatoms. The summed E-state index contributed by atoms with van der Waals surface area (Å²) in [4.78, 5) is 34.7. The Balaban J connectivity index is 1.85. The summed E-state index contributed by atoms with van der Waals surface area (Å²) in [6.45, 7) is 4.11. The van der Waals surface area contributed by atoms with Crippen LogP contribution in [0.2, 0.25) is 5.02 Å². The number of anilines is 1. The van der Waals surface area contributed by atoms with Crippen molar-refractivity contribution in [2.45, 2.75) is 20.4 Å². The van der Waals surface area contributed by atoms with Crippen molar-refractivity contribution in [2.75, 3.05) is 4.90 Å². The van der Waals surface area contributed by atoms with Crippen molar-refractivity contribution in [3.8, 4) is 0 Å². The first kappa shape index (κ1) is 20.9. The van der Waals surface area contributed by atoms with E-state index in [9.17, 15) is 14.9 Å². The smallest absolute Gasteiger partial charge is 0.270 e. The molecule has 0 aliphatic rings. The van der Waals surface area contributed by atoms with E-state index < -0.39 is 10.8 Å². The van der Waals surface area contributed by atoms with Crippen LogP contribution in [0.25, 0.3) is 10.2 Å². The Labute approximate surface area is 187 Å². The molecular weight excluding hydrogens is 436 g/mol. The van der Waals surface area contributed by atoms with Gasteiger partial charge in [0.1, 0.15) is 0 Å². The molecule has 0 atom stereocenters. The SMILES string of the molecule is Cc1ccc(C)c2sc(N(Cc3ccccn3)C(=O)c3cc([N+](=O)[O-])ccc3Cl)nc12. The molecule has 2 aromatic carbocycles. The maximum Gasteiger partial charge on any atom is 0.270 e. The van der Waals surface area contributed by atoms with E-state index in [1.165, 1.54) is 34.4 Å². The molecule has 156 valence electrons. The summed E-state index contributed by atoms with van der Waals surface area (Å²) in [6.07, 6.45) is 1.64. The molecule has 1 amide bonds. The Morgan fingerprint density at radius 3 is 2.61 bits per heavy atom. The first-order valence-corrected chi connectivity index (χ1v) is 10.6. The molecule has 0 bridgehead atoms. The standard InChI is InChI=1S/C22H17ClN4O3S/c1-13-6-7-14(2)20-19(13)25-22(31-20)26(12-15-5-3-4-10-24-15)21(28)17-11-16(27(29)30)8-9-18(17)23/h3-11H,12H2,1-2H3. The summed E-state index contributed by atoms with van der Waals surface area (Å²) in [7, 11) is 0. The lowest BCUT2D eigenvalue weighted by molar-refractivity contribution is -0.384. The van der Waals surface area contributed by atoms with Gasteiger partial charge in [0.25, 0.3) is 11.6 Å². The van der Waals surface area contributed by atoms with Gasteiger partial charge in [-0.15, -0.1) is 0 Å². The van der Waals surface area contributed by atoms with Gasteiger partial charge in [-0.2, -0.15) is 0 Å². The largest absolute Gasteiger partial charge is 0.278 e. The third kappa shape index (κ3) is 4.12. The molecule has 0 aliphatic heterocycles. The van der Waals surface area contributed by atoms with Gasteiger partial charge in [-0.05, 0) is 43.2 Å². The summed E-state index contributed by atoms with van der Waals surface area (Å²) in [5.41, 5.74) is 3.37. The molecule has 0 fully saturated rings. The summed E-state index contributed by atoms with van der Waals surface area (Å²) in [5.74, 6) is -0.478. The molecule has 0 saturated carbocycles. The van der Waals surface area contributed by atoms with Crippen LogP contribution >= 0.6 is 22.9 Å². The molecule has 2 aromatic heterocycles. The van der Waals surface area contributed by atoms with Crippen LogP contribution in [0.3, 0.4) is 0 Å². The van der Waals surface area contributed by atoms with E-state index in [2.05, 4.69) is 4.98 Å². The summed E-state index contributed by atoms with van der Waals surface area (Å²) in [6, 6.07) is 13.3. The zero-order valence-electron chi connectivity index (χ0n) is 16.7. The molecule has 0 unspecified atom stereocenters. The minimum Gasteiger partial charge on any atom is -0.278 e. The van der Waals surface area contributed by atoms with Crippen LogP contribution in [0.5, 0.6) is 0 Å². The molecule has 0 aliphatic carbocycles. The Morgan fingerprint density at radius 1 is 1.16 bits per heavy atom. The number of non-ortho nitro benzene ring substituents is 1. The summed E-state index contributed by atoms with van der Waals surface area (Å²) in [5, 5.41) is 11.8. The zero-order chi connectivity index (χ0) is 22.1. The topological polar surface area (TPSA) is 89.2 Å². The van der Waals surface area contributed by atoms with E-state index in [0.717, 1.165) is 21.3 Å². The molecule has 0 spiro atoms. The number of thiazole rings is 1. The van der Waals surface area contributed by atoms with Crippen LogP contribution in [-0.2, 0) is 6.54 Å². The predicted octanol–water partition coefficient (Wildman–Crippen LogP) is 5.72. The number of pyridine rings is 1.